The molecule has 0 heterocycles. The van der Waals surface area contributed by atoms with Crippen LogP contribution in [0.25, 0.3) is 0 Å². The number of hydrogen-bond acceptors (Lipinski definition) is 3. The van der Waals surface area contributed by atoms with Crippen LogP contribution in [-0.2, 0) is 14.2 Å². The van der Waals surface area contributed by atoms with Crippen LogP contribution in [0.3, 0.4) is 0 Å². The Hall–Kier alpha value is -0.640. The predicted molar refractivity (Wildman–Crippen MR) is 128 cm³/mol. The minimum atomic E-state index is 0.345. The predicted octanol–water partition coefficient (Wildman–Crippen LogP) is 8.59. The van der Waals surface area contributed by atoms with Crippen molar-refractivity contribution in [3.05, 3.63) is 24.3 Å². The van der Waals surface area contributed by atoms with E-state index in [4.69, 9.17) is 14.2 Å². The molecule has 0 aliphatic rings. The Morgan fingerprint density at radius 3 is 1.34 bits per heavy atom. The van der Waals surface area contributed by atoms with Crippen molar-refractivity contribution in [2.75, 3.05) is 26.8 Å². The van der Waals surface area contributed by atoms with E-state index in [-0.39, 0.29) is 0 Å². The molecule has 0 aromatic carbocycles. The summed E-state index contributed by atoms with van der Waals surface area (Å²) in [4.78, 5) is 0. The fourth-order valence-corrected chi connectivity index (χ4v) is 2.63. The molecule has 0 aromatic heterocycles. The molecule has 0 aromatic rings. The first kappa shape index (κ1) is 30.6. The molecular weight excluding hydrogens is 360 g/mol. The number of allylic oxidation sites excluding steroid dienone is 4. The van der Waals surface area contributed by atoms with Gasteiger partial charge in [0.25, 0.3) is 0 Å². The summed E-state index contributed by atoms with van der Waals surface area (Å²) in [5, 5.41) is 0. The van der Waals surface area contributed by atoms with E-state index in [1.165, 1.54) is 77.0 Å². The molecule has 174 valence electrons. The van der Waals surface area contributed by atoms with Crippen LogP contribution >= 0.6 is 0 Å². The molecular formula is C26H52O3. The van der Waals surface area contributed by atoms with Crippen LogP contribution in [0.2, 0.25) is 0 Å². The summed E-state index contributed by atoms with van der Waals surface area (Å²) in [7, 11) is 0. The number of rotatable bonds is 21. The van der Waals surface area contributed by atoms with Crippen LogP contribution in [0.1, 0.15) is 118 Å². The molecule has 0 rings (SSSR count). The van der Waals surface area contributed by atoms with E-state index < -0.39 is 0 Å². The standard InChI is InChI=1S/C18H34.C8H18O3/c1-3-5-7-9-11-13-15-17-18-16-14-12-10-8-6-4-2;1-3-5-9-7-11-8-10-6-4-2/h5,7,10,12H,3-4,6,8-9,11,13-18H2,1-2H3;3-8H2,1-2H3/b7-5+,12-10-;. The molecule has 0 unspecified atom stereocenters. The summed E-state index contributed by atoms with van der Waals surface area (Å²) < 4.78 is 15.1. The highest BCUT2D eigenvalue weighted by Crippen LogP contribution is 2.09. The molecule has 0 atom stereocenters. The molecule has 0 amide bonds. The third kappa shape index (κ3) is 35.2. The average Bonchev–Trinajstić information content (AvgIpc) is 2.74. The average molecular weight is 413 g/mol. The molecule has 0 N–H and O–H groups in total. The molecule has 0 saturated heterocycles. The van der Waals surface area contributed by atoms with Crippen molar-refractivity contribution in [2.45, 2.75) is 118 Å². The molecule has 3 nitrogen and oxygen atoms in total. The van der Waals surface area contributed by atoms with Gasteiger partial charge in [0.1, 0.15) is 13.6 Å². The van der Waals surface area contributed by atoms with E-state index in [0.717, 1.165) is 26.1 Å². The molecule has 0 aliphatic carbocycles. The molecule has 0 spiro atoms. The van der Waals surface area contributed by atoms with Gasteiger partial charge in [-0.05, 0) is 51.4 Å². The van der Waals surface area contributed by atoms with Gasteiger partial charge >= 0.3 is 0 Å². The van der Waals surface area contributed by atoms with Crippen molar-refractivity contribution in [1.82, 2.24) is 0 Å². The van der Waals surface area contributed by atoms with Gasteiger partial charge in [-0.25, -0.2) is 0 Å². The lowest BCUT2D eigenvalue weighted by atomic mass is 10.1. The maximum absolute atomic E-state index is 5.06. The third-order valence-electron chi connectivity index (χ3n) is 4.32. The zero-order valence-electron chi connectivity index (χ0n) is 20.3. The van der Waals surface area contributed by atoms with Gasteiger partial charge in [-0.1, -0.05) is 90.5 Å². The van der Waals surface area contributed by atoms with Crippen LogP contribution in [0.5, 0.6) is 0 Å². The topological polar surface area (TPSA) is 27.7 Å². The van der Waals surface area contributed by atoms with E-state index in [2.05, 4.69) is 52.0 Å². The fourth-order valence-electron chi connectivity index (χ4n) is 2.63. The quantitative estimate of drug-likeness (QED) is 0.107. The van der Waals surface area contributed by atoms with Gasteiger partial charge in [0.2, 0.25) is 0 Å². The van der Waals surface area contributed by atoms with E-state index >= 15 is 0 Å². The van der Waals surface area contributed by atoms with Gasteiger partial charge in [0, 0.05) is 13.2 Å². The second-order valence-electron chi connectivity index (χ2n) is 7.45. The summed E-state index contributed by atoms with van der Waals surface area (Å²) in [5.74, 6) is 0. The molecule has 0 bridgehead atoms. The SMILES string of the molecule is CC/C=C/CCCCCCCC/C=C\CCCC.CCCOCOCOCCC. The molecule has 0 saturated carbocycles. The summed E-state index contributed by atoms with van der Waals surface area (Å²) in [6.45, 7) is 10.8. The second-order valence-corrected chi connectivity index (χ2v) is 7.45. The minimum Gasteiger partial charge on any atom is -0.355 e. The van der Waals surface area contributed by atoms with Gasteiger partial charge in [-0.15, -0.1) is 0 Å². The third-order valence-corrected chi connectivity index (χ3v) is 4.32. The maximum Gasteiger partial charge on any atom is 0.149 e. The van der Waals surface area contributed by atoms with Crippen LogP contribution in [0.4, 0.5) is 0 Å². The number of hydrogen-bond donors (Lipinski definition) is 0. The Morgan fingerprint density at radius 1 is 0.448 bits per heavy atom. The normalized spacial score (nSPS) is 11.3. The Balaban J connectivity index is 0. The van der Waals surface area contributed by atoms with E-state index in [1.54, 1.807) is 0 Å². The maximum atomic E-state index is 5.06. The number of ether oxygens (including phenoxy) is 3. The molecule has 0 radical (unpaired) electrons. The summed E-state index contributed by atoms with van der Waals surface area (Å²) in [6.07, 6.45) is 27.6. The summed E-state index contributed by atoms with van der Waals surface area (Å²) >= 11 is 0. The highest BCUT2D eigenvalue weighted by Gasteiger charge is 1.90. The van der Waals surface area contributed by atoms with E-state index in [0.29, 0.717) is 13.6 Å². The first-order chi connectivity index (χ1) is 14.3. The second kappa shape index (κ2) is 32.0. The molecule has 0 fully saturated rings. The Morgan fingerprint density at radius 2 is 0.897 bits per heavy atom. The van der Waals surface area contributed by atoms with Crippen molar-refractivity contribution >= 4 is 0 Å². The number of unbranched alkanes of at least 4 members (excludes halogenated alkanes) is 9. The first-order valence-electron chi connectivity index (χ1n) is 12.4. The van der Waals surface area contributed by atoms with Crippen LogP contribution in [0, 0.1) is 0 Å². The van der Waals surface area contributed by atoms with Gasteiger partial charge in [0.05, 0.1) is 0 Å². The zero-order chi connectivity index (χ0) is 21.7. The smallest absolute Gasteiger partial charge is 0.149 e. The minimum absolute atomic E-state index is 0.345. The van der Waals surface area contributed by atoms with Gasteiger partial charge in [-0.2, -0.15) is 0 Å². The highest BCUT2D eigenvalue weighted by molar-refractivity contribution is 4.81. The van der Waals surface area contributed by atoms with E-state index in [1.807, 2.05) is 0 Å². The molecule has 3 heteroatoms. The summed E-state index contributed by atoms with van der Waals surface area (Å²) in [6, 6.07) is 0. The van der Waals surface area contributed by atoms with Gasteiger partial charge in [-0.3, -0.25) is 0 Å². The Bertz CT molecular complexity index is 305. The lowest BCUT2D eigenvalue weighted by Crippen LogP contribution is -2.05. The molecule has 0 aliphatic heterocycles. The van der Waals surface area contributed by atoms with Crippen LogP contribution in [0.15, 0.2) is 24.3 Å². The largest absolute Gasteiger partial charge is 0.355 e. The zero-order valence-corrected chi connectivity index (χ0v) is 20.3. The van der Waals surface area contributed by atoms with Crippen molar-refractivity contribution in [3.63, 3.8) is 0 Å². The lowest BCUT2D eigenvalue weighted by molar-refractivity contribution is -0.130. The molecule has 29 heavy (non-hydrogen) atoms. The monoisotopic (exact) mass is 412 g/mol. The van der Waals surface area contributed by atoms with Crippen molar-refractivity contribution in [3.8, 4) is 0 Å². The van der Waals surface area contributed by atoms with Crippen molar-refractivity contribution in [2.24, 2.45) is 0 Å². The fraction of sp³-hybridized carbons (Fsp3) is 0.846. The Kier molecular flexibility index (Phi) is 33.8. The van der Waals surface area contributed by atoms with Gasteiger partial charge < -0.3 is 14.2 Å². The van der Waals surface area contributed by atoms with Crippen molar-refractivity contribution in [1.29, 1.82) is 0 Å². The van der Waals surface area contributed by atoms with Gasteiger partial charge in [0.15, 0.2) is 0 Å². The van der Waals surface area contributed by atoms with Crippen molar-refractivity contribution < 1.29 is 14.2 Å². The summed E-state index contributed by atoms with van der Waals surface area (Å²) in [5.41, 5.74) is 0. The van der Waals surface area contributed by atoms with Crippen LogP contribution in [-0.4, -0.2) is 26.8 Å². The first-order valence-corrected chi connectivity index (χ1v) is 12.4. The highest BCUT2D eigenvalue weighted by atomic mass is 16.7. The lowest BCUT2D eigenvalue weighted by Gasteiger charge is -2.04. The van der Waals surface area contributed by atoms with E-state index in [9.17, 15) is 0 Å². The Labute approximate surface area is 183 Å². The van der Waals surface area contributed by atoms with Crippen LogP contribution < -0.4 is 0 Å².